The minimum Gasteiger partial charge on any atom is -0.472 e. The van der Waals surface area contributed by atoms with Crippen LogP contribution < -0.4 is 15.4 Å². The molecule has 3 N–H and O–H groups in total. The fourth-order valence-corrected chi connectivity index (χ4v) is 5.69. The highest BCUT2D eigenvalue weighted by Crippen LogP contribution is 2.17. The van der Waals surface area contributed by atoms with Gasteiger partial charge in [-0.3, -0.25) is 0 Å². The number of amides is 2. The molecule has 0 bridgehead atoms. The molecule has 1 aromatic heterocycles. The van der Waals surface area contributed by atoms with E-state index in [1.807, 2.05) is 0 Å². The van der Waals surface area contributed by atoms with Crippen molar-refractivity contribution in [2.75, 3.05) is 16.8 Å². The molecule has 27 heavy (non-hydrogen) atoms. The first-order chi connectivity index (χ1) is 12.7. The number of hydrogen-bond acceptors (Lipinski definition) is 6. The van der Waals surface area contributed by atoms with E-state index in [-0.39, 0.29) is 22.8 Å². The average Bonchev–Trinajstić information content (AvgIpc) is 3.22. The van der Waals surface area contributed by atoms with E-state index < -0.39 is 31.9 Å². The number of urea groups is 1. The van der Waals surface area contributed by atoms with E-state index in [2.05, 4.69) is 15.4 Å². The molecule has 2 heterocycles. The number of nitrogens with one attached hydrogen (secondary N) is 3. The number of sulfonamides is 1. The standard InChI is InChI=1S/C16H19N3O6S2/c20-16(17-9-12-5-7-25-10-12)18-13-1-3-15(4-2-13)27(23,24)19-14-6-8-26(21,22)11-14/h1-5,7,10,14,19H,6,8-9,11H2,(H2,17,18,20)/t14-/m1/s1. The Bertz CT molecular complexity index is 999. The number of sulfone groups is 1. The van der Waals surface area contributed by atoms with Gasteiger partial charge in [0.25, 0.3) is 0 Å². The second kappa shape index (κ2) is 7.71. The maximum Gasteiger partial charge on any atom is 0.319 e. The number of furan rings is 1. The summed E-state index contributed by atoms with van der Waals surface area (Å²) in [5, 5.41) is 5.23. The lowest BCUT2D eigenvalue weighted by Crippen LogP contribution is -2.35. The number of rotatable bonds is 6. The van der Waals surface area contributed by atoms with Gasteiger partial charge in [-0.05, 0) is 36.8 Å². The van der Waals surface area contributed by atoms with E-state index in [9.17, 15) is 21.6 Å². The third kappa shape index (κ3) is 5.31. The van der Waals surface area contributed by atoms with Crippen LogP contribution in [-0.4, -0.2) is 40.4 Å². The highest BCUT2D eigenvalue weighted by Gasteiger charge is 2.31. The van der Waals surface area contributed by atoms with Crippen molar-refractivity contribution >= 4 is 31.6 Å². The van der Waals surface area contributed by atoms with Gasteiger partial charge in [-0.1, -0.05) is 0 Å². The Hall–Kier alpha value is -2.37. The number of anilines is 1. The Morgan fingerprint density at radius 3 is 2.52 bits per heavy atom. The number of carbonyl (C=O) groups excluding carboxylic acids is 1. The molecule has 11 heteroatoms. The van der Waals surface area contributed by atoms with Crippen LogP contribution in [0.1, 0.15) is 12.0 Å². The molecule has 0 spiro atoms. The zero-order valence-electron chi connectivity index (χ0n) is 14.2. The molecule has 1 atom stereocenters. The number of carbonyl (C=O) groups is 1. The number of hydrogen-bond donors (Lipinski definition) is 3. The summed E-state index contributed by atoms with van der Waals surface area (Å²) in [7, 11) is -7.01. The predicted molar refractivity (Wildman–Crippen MR) is 98.4 cm³/mol. The highest BCUT2D eigenvalue weighted by molar-refractivity contribution is 7.92. The van der Waals surface area contributed by atoms with Gasteiger partial charge in [0, 0.05) is 23.8 Å². The average molecular weight is 413 g/mol. The Morgan fingerprint density at radius 1 is 1.19 bits per heavy atom. The molecular weight excluding hydrogens is 394 g/mol. The van der Waals surface area contributed by atoms with Crippen LogP contribution in [0.5, 0.6) is 0 Å². The first-order valence-electron chi connectivity index (χ1n) is 8.12. The zero-order valence-corrected chi connectivity index (χ0v) is 15.8. The first-order valence-corrected chi connectivity index (χ1v) is 11.4. The largest absolute Gasteiger partial charge is 0.472 e. The summed E-state index contributed by atoms with van der Waals surface area (Å²) >= 11 is 0. The van der Waals surface area contributed by atoms with Crippen molar-refractivity contribution in [2.45, 2.75) is 23.9 Å². The van der Waals surface area contributed by atoms with E-state index in [1.54, 1.807) is 6.07 Å². The zero-order chi connectivity index (χ0) is 19.5. The van der Waals surface area contributed by atoms with Crippen molar-refractivity contribution in [3.05, 3.63) is 48.4 Å². The summed E-state index contributed by atoms with van der Waals surface area (Å²) in [6.07, 6.45) is 3.28. The van der Waals surface area contributed by atoms with Gasteiger partial charge in [-0.15, -0.1) is 0 Å². The summed E-state index contributed by atoms with van der Waals surface area (Å²) in [6.45, 7) is 0.295. The van der Waals surface area contributed by atoms with Crippen molar-refractivity contribution in [1.82, 2.24) is 10.0 Å². The van der Waals surface area contributed by atoms with Crippen LogP contribution in [0.3, 0.4) is 0 Å². The second-order valence-corrected chi connectivity index (χ2v) is 10.1. The molecule has 1 aromatic carbocycles. The van der Waals surface area contributed by atoms with Crippen LogP contribution in [0.4, 0.5) is 10.5 Å². The van der Waals surface area contributed by atoms with Gasteiger partial charge in [0.15, 0.2) is 9.84 Å². The molecule has 2 aromatic rings. The fraction of sp³-hybridized carbons (Fsp3) is 0.312. The third-order valence-electron chi connectivity index (χ3n) is 4.01. The van der Waals surface area contributed by atoms with Crippen LogP contribution in [0, 0.1) is 0 Å². The molecule has 0 aliphatic carbocycles. The van der Waals surface area contributed by atoms with Gasteiger partial charge in [-0.2, -0.15) is 0 Å². The smallest absolute Gasteiger partial charge is 0.319 e. The Morgan fingerprint density at radius 2 is 1.93 bits per heavy atom. The lowest BCUT2D eigenvalue weighted by Gasteiger charge is -2.12. The van der Waals surface area contributed by atoms with Crippen molar-refractivity contribution in [2.24, 2.45) is 0 Å². The maximum atomic E-state index is 12.4. The van der Waals surface area contributed by atoms with Crippen molar-refractivity contribution in [1.29, 1.82) is 0 Å². The van der Waals surface area contributed by atoms with Crippen LogP contribution in [0.15, 0.2) is 52.2 Å². The predicted octanol–water partition coefficient (Wildman–Crippen LogP) is 1.07. The molecule has 1 aliphatic heterocycles. The monoisotopic (exact) mass is 413 g/mol. The molecule has 1 fully saturated rings. The third-order valence-corrected chi connectivity index (χ3v) is 7.31. The summed E-state index contributed by atoms with van der Waals surface area (Å²) in [5.41, 5.74) is 1.23. The molecule has 1 aliphatic rings. The Labute approximate surface area is 157 Å². The van der Waals surface area contributed by atoms with E-state index in [4.69, 9.17) is 4.42 Å². The lowest BCUT2D eigenvalue weighted by atomic mass is 10.3. The van der Waals surface area contributed by atoms with E-state index in [1.165, 1.54) is 36.8 Å². The summed E-state index contributed by atoms with van der Waals surface area (Å²) < 4.78 is 54.9. The van der Waals surface area contributed by atoms with Crippen molar-refractivity contribution < 1.29 is 26.0 Å². The first kappa shape index (κ1) is 19.4. The summed E-state index contributed by atoms with van der Waals surface area (Å²) in [4.78, 5) is 11.8. The molecule has 0 radical (unpaired) electrons. The van der Waals surface area contributed by atoms with Crippen molar-refractivity contribution in [3.8, 4) is 0 Å². The van der Waals surface area contributed by atoms with Crippen molar-refractivity contribution in [3.63, 3.8) is 0 Å². The minimum absolute atomic E-state index is 0.00356. The van der Waals surface area contributed by atoms with Gasteiger partial charge in [0.2, 0.25) is 10.0 Å². The van der Waals surface area contributed by atoms with E-state index in [0.717, 1.165) is 5.56 Å². The fourth-order valence-electron chi connectivity index (χ4n) is 2.64. The van der Waals surface area contributed by atoms with Gasteiger partial charge in [-0.25, -0.2) is 26.4 Å². The van der Waals surface area contributed by atoms with Gasteiger partial charge < -0.3 is 15.1 Å². The Kier molecular flexibility index (Phi) is 5.53. The molecule has 146 valence electrons. The molecule has 9 nitrogen and oxygen atoms in total. The maximum absolute atomic E-state index is 12.4. The van der Waals surface area contributed by atoms with Gasteiger partial charge >= 0.3 is 6.03 Å². The quantitative estimate of drug-likeness (QED) is 0.648. The molecule has 1 saturated heterocycles. The van der Waals surface area contributed by atoms with Crippen LogP contribution in [0.2, 0.25) is 0 Å². The molecule has 0 unspecified atom stereocenters. The molecule has 0 saturated carbocycles. The molecule has 3 rings (SSSR count). The minimum atomic E-state index is -3.83. The highest BCUT2D eigenvalue weighted by atomic mass is 32.2. The molecular formula is C16H19N3O6S2. The summed E-state index contributed by atoms with van der Waals surface area (Å²) in [5.74, 6) is -0.209. The lowest BCUT2D eigenvalue weighted by molar-refractivity contribution is 0.251. The van der Waals surface area contributed by atoms with Gasteiger partial charge in [0.1, 0.15) is 0 Å². The van der Waals surface area contributed by atoms with E-state index >= 15 is 0 Å². The normalized spacial score (nSPS) is 18.9. The van der Waals surface area contributed by atoms with Crippen LogP contribution in [0.25, 0.3) is 0 Å². The van der Waals surface area contributed by atoms with Crippen LogP contribution in [-0.2, 0) is 26.4 Å². The van der Waals surface area contributed by atoms with E-state index in [0.29, 0.717) is 12.2 Å². The second-order valence-electron chi connectivity index (χ2n) is 6.18. The molecule has 2 amide bonds. The number of benzene rings is 1. The summed E-state index contributed by atoms with van der Waals surface area (Å²) in [6, 6.07) is 6.26. The topological polar surface area (TPSA) is 135 Å². The SMILES string of the molecule is O=C(NCc1ccoc1)Nc1ccc(S(=O)(=O)N[C@@H]2CCS(=O)(=O)C2)cc1. The van der Waals surface area contributed by atoms with Crippen LogP contribution >= 0.6 is 0 Å². The van der Waals surface area contributed by atoms with Gasteiger partial charge in [0.05, 0.1) is 28.9 Å². The Balaban J connectivity index is 1.56.